The zero-order valence-corrected chi connectivity index (χ0v) is 17.6. The Labute approximate surface area is 176 Å². The van der Waals surface area contributed by atoms with E-state index in [4.69, 9.17) is 21.1 Å². The third kappa shape index (κ3) is 4.24. The lowest BCUT2D eigenvalue weighted by molar-refractivity contribution is -0.131. The van der Waals surface area contributed by atoms with E-state index in [1.54, 1.807) is 19.1 Å². The number of esters is 1. The van der Waals surface area contributed by atoms with Gasteiger partial charge in [0.05, 0.1) is 38.5 Å². The smallest absolute Gasteiger partial charge is 0.447 e. The second-order valence-electron chi connectivity index (χ2n) is 5.83. The first kappa shape index (κ1) is 21.5. The molecule has 11 heteroatoms. The van der Waals surface area contributed by atoms with Crippen molar-refractivity contribution in [3.05, 3.63) is 39.9 Å². The molecule has 5 nitrogen and oxygen atoms in total. The standard InChI is InChI=1S/C18H13ClF3NO4S2/c1-8-16(27-9(2)24)14-11(4-5-12(26-3)15(14)19)23(8)17(25)10-6-13(28-7-10)29-18(20,21)22/h4-7H,1-3H3. The number of methoxy groups -OCH3 is 1. The lowest BCUT2D eigenvalue weighted by Gasteiger charge is -2.07. The highest BCUT2D eigenvalue weighted by Crippen LogP contribution is 2.43. The number of alkyl halides is 3. The molecule has 2 heterocycles. The second kappa shape index (κ2) is 7.92. The van der Waals surface area contributed by atoms with E-state index in [1.165, 1.54) is 30.0 Å². The fourth-order valence-electron chi connectivity index (χ4n) is 2.83. The van der Waals surface area contributed by atoms with Crippen molar-refractivity contribution in [2.24, 2.45) is 0 Å². The van der Waals surface area contributed by atoms with Crippen LogP contribution in [0.5, 0.6) is 11.5 Å². The van der Waals surface area contributed by atoms with Gasteiger partial charge in [0.15, 0.2) is 5.75 Å². The summed E-state index contributed by atoms with van der Waals surface area (Å²) < 4.78 is 49.4. The normalized spacial score (nSPS) is 11.7. The first-order valence-electron chi connectivity index (χ1n) is 7.98. The molecule has 0 atom stereocenters. The maximum atomic E-state index is 13.1. The van der Waals surface area contributed by atoms with E-state index in [0.717, 1.165) is 11.3 Å². The van der Waals surface area contributed by atoms with E-state index in [2.05, 4.69) is 0 Å². The number of rotatable bonds is 4. The molecule has 0 amide bonds. The van der Waals surface area contributed by atoms with Crippen LogP contribution in [0, 0.1) is 6.92 Å². The van der Waals surface area contributed by atoms with E-state index < -0.39 is 17.4 Å². The Hall–Kier alpha value is -2.17. The zero-order valence-electron chi connectivity index (χ0n) is 15.2. The minimum atomic E-state index is -4.45. The van der Waals surface area contributed by atoms with Gasteiger partial charge >= 0.3 is 11.5 Å². The third-order valence-electron chi connectivity index (χ3n) is 3.92. The molecular formula is C18H13ClF3NO4S2. The van der Waals surface area contributed by atoms with Crippen molar-refractivity contribution in [3.8, 4) is 11.5 Å². The van der Waals surface area contributed by atoms with Crippen molar-refractivity contribution in [3.63, 3.8) is 0 Å². The molecule has 29 heavy (non-hydrogen) atoms. The van der Waals surface area contributed by atoms with Crippen molar-refractivity contribution in [1.29, 1.82) is 0 Å². The number of thioether (sulfide) groups is 1. The molecule has 0 aliphatic rings. The lowest BCUT2D eigenvalue weighted by atomic mass is 10.2. The highest BCUT2D eigenvalue weighted by atomic mass is 35.5. The molecule has 0 saturated heterocycles. The molecule has 2 aromatic heterocycles. The van der Waals surface area contributed by atoms with Crippen LogP contribution in [0.15, 0.2) is 27.8 Å². The topological polar surface area (TPSA) is 57.5 Å². The predicted molar refractivity (Wildman–Crippen MR) is 106 cm³/mol. The Balaban J connectivity index is 2.16. The summed E-state index contributed by atoms with van der Waals surface area (Å²) in [5.74, 6) is -0.781. The average Bonchev–Trinajstić information content (AvgIpc) is 3.16. The van der Waals surface area contributed by atoms with Crippen LogP contribution in [0.4, 0.5) is 13.2 Å². The number of hydrogen-bond donors (Lipinski definition) is 0. The van der Waals surface area contributed by atoms with E-state index >= 15 is 0 Å². The predicted octanol–water partition coefficient (Wildman–Crippen LogP) is 5.90. The fourth-order valence-corrected chi connectivity index (χ4v) is 4.79. The first-order chi connectivity index (χ1) is 13.5. The first-order valence-corrected chi connectivity index (χ1v) is 10.1. The van der Waals surface area contributed by atoms with Gasteiger partial charge in [0.1, 0.15) is 5.75 Å². The molecule has 0 saturated carbocycles. The SMILES string of the molecule is COc1ccc2c(c1Cl)c(OC(C)=O)c(C)n2C(=O)c1csc(SC(F)(F)F)c1. The number of aromatic nitrogens is 1. The van der Waals surface area contributed by atoms with E-state index in [9.17, 15) is 22.8 Å². The number of hydrogen-bond acceptors (Lipinski definition) is 6. The highest BCUT2D eigenvalue weighted by molar-refractivity contribution is 8.01. The van der Waals surface area contributed by atoms with Crippen LogP contribution in [0.2, 0.25) is 5.02 Å². The molecule has 0 aliphatic heterocycles. The fraction of sp³-hybridized carbons (Fsp3) is 0.222. The molecule has 1 aromatic carbocycles. The van der Waals surface area contributed by atoms with Crippen LogP contribution in [-0.4, -0.2) is 29.1 Å². The number of halogens is 4. The van der Waals surface area contributed by atoms with Gasteiger partial charge in [-0.25, -0.2) is 0 Å². The van der Waals surface area contributed by atoms with Gasteiger partial charge in [-0.05, 0) is 36.9 Å². The monoisotopic (exact) mass is 463 g/mol. The van der Waals surface area contributed by atoms with Crippen LogP contribution in [0.25, 0.3) is 10.9 Å². The van der Waals surface area contributed by atoms with Crippen LogP contribution in [0.1, 0.15) is 23.0 Å². The van der Waals surface area contributed by atoms with Gasteiger partial charge in [0, 0.05) is 12.3 Å². The van der Waals surface area contributed by atoms with Crippen LogP contribution >= 0.6 is 34.7 Å². The van der Waals surface area contributed by atoms with Crippen molar-refractivity contribution < 1.29 is 32.2 Å². The van der Waals surface area contributed by atoms with Gasteiger partial charge in [0.25, 0.3) is 5.91 Å². The summed E-state index contributed by atoms with van der Waals surface area (Å²) in [7, 11) is 1.42. The van der Waals surface area contributed by atoms with Crippen LogP contribution < -0.4 is 9.47 Å². The number of carbonyl (C=O) groups excluding carboxylic acids is 2. The van der Waals surface area contributed by atoms with E-state index in [-0.39, 0.29) is 38.0 Å². The molecule has 3 aromatic rings. The second-order valence-corrected chi connectivity index (χ2v) is 8.48. The van der Waals surface area contributed by atoms with Gasteiger partial charge in [-0.1, -0.05) is 11.6 Å². The number of fused-ring (bicyclic) bond motifs is 1. The van der Waals surface area contributed by atoms with Crippen molar-refractivity contribution in [1.82, 2.24) is 4.57 Å². The number of thiophene rings is 1. The van der Waals surface area contributed by atoms with Gasteiger partial charge in [-0.2, -0.15) is 13.2 Å². The number of benzene rings is 1. The largest absolute Gasteiger partial charge is 0.495 e. The van der Waals surface area contributed by atoms with Crippen LogP contribution in [0.3, 0.4) is 0 Å². The quantitative estimate of drug-likeness (QED) is 0.356. The molecule has 154 valence electrons. The van der Waals surface area contributed by atoms with Gasteiger partial charge in [-0.3, -0.25) is 14.2 Å². The summed E-state index contributed by atoms with van der Waals surface area (Å²) in [5.41, 5.74) is -3.76. The van der Waals surface area contributed by atoms with Crippen LogP contribution in [-0.2, 0) is 4.79 Å². The Morgan fingerprint density at radius 3 is 2.55 bits per heavy atom. The van der Waals surface area contributed by atoms with E-state index in [1.807, 2.05) is 0 Å². The molecule has 0 radical (unpaired) electrons. The maximum Gasteiger partial charge on any atom is 0.447 e. The van der Waals surface area contributed by atoms with Crippen molar-refractivity contribution >= 4 is 57.5 Å². The summed E-state index contributed by atoms with van der Waals surface area (Å²) in [4.78, 5) is 24.7. The number of carbonyl (C=O) groups is 2. The van der Waals surface area contributed by atoms with Crippen molar-refractivity contribution in [2.45, 2.75) is 23.6 Å². The number of ether oxygens (including phenoxy) is 2. The molecule has 0 bridgehead atoms. The Bertz CT molecular complexity index is 1120. The third-order valence-corrected chi connectivity index (χ3v) is 6.11. The molecular weight excluding hydrogens is 451 g/mol. The molecule has 0 aliphatic carbocycles. The van der Waals surface area contributed by atoms with E-state index in [0.29, 0.717) is 16.7 Å². The van der Waals surface area contributed by atoms with Crippen molar-refractivity contribution in [2.75, 3.05) is 7.11 Å². The molecule has 0 unspecified atom stereocenters. The minimum absolute atomic E-state index is 0.0603. The molecule has 0 fully saturated rings. The summed E-state index contributed by atoms with van der Waals surface area (Å²) in [6, 6.07) is 4.28. The summed E-state index contributed by atoms with van der Waals surface area (Å²) in [5, 5.41) is 1.79. The molecule has 0 N–H and O–H groups in total. The van der Waals surface area contributed by atoms with Gasteiger partial charge in [0.2, 0.25) is 0 Å². The molecule has 3 rings (SSSR count). The molecule has 0 spiro atoms. The lowest BCUT2D eigenvalue weighted by Crippen LogP contribution is -2.13. The van der Waals surface area contributed by atoms with Gasteiger partial charge < -0.3 is 9.47 Å². The zero-order chi connectivity index (χ0) is 21.5. The Morgan fingerprint density at radius 2 is 1.97 bits per heavy atom. The van der Waals surface area contributed by atoms with Gasteiger partial charge in [-0.15, -0.1) is 11.3 Å². The Kier molecular flexibility index (Phi) is 5.88. The highest BCUT2D eigenvalue weighted by Gasteiger charge is 2.31. The minimum Gasteiger partial charge on any atom is -0.495 e. The Morgan fingerprint density at radius 1 is 1.28 bits per heavy atom. The average molecular weight is 464 g/mol. The summed E-state index contributed by atoms with van der Waals surface area (Å²) >= 11 is 6.90. The maximum absolute atomic E-state index is 13.1. The number of nitrogens with zero attached hydrogens (tertiary/aromatic N) is 1. The summed E-state index contributed by atoms with van der Waals surface area (Å²) in [6.45, 7) is 2.76. The summed E-state index contributed by atoms with van der Waals surface area (Å²) in [6.07, 6.45) is 0.